The van der Waals surface area contributed by atoms with Crippen LogP contribution in [0.2, 0.25) is 0 Å². The van der Waals surface area contributed by atoms with Gasteiger partial charge in [-0.2, -0.15) is 0 Å². The summed E-state index contributed by atoms with van der Waals surface area (Å²) in [6.45, 7) is 4.36. The van der Waals surface area contributed by atoms with E-state index in [-0.39, 0.29) is 17.9 Å². The summed E-state index contributed by atoms with van der Waals surface area (Å²) in [5, 5.41) is 9.35. The average molecular weight is 289 g/mol. The van der Waals surface area contributed by atoms with Crippen LogP contribution in [0.1, 0.15) is 37.7 Å². The summed E-state index contributed by atoms with van der Waals surface area (Å²) in [4.78, 5) is 14.5. The number of rotatable bonds is 2. The molecule has 2 aliphatic heterocycles. The lowest BCUT2D eigenvalue weighted by Crippen LogP contribution is -2.43. The predicted octanol–water partition coefficient (Wildman–Crippen LogP) is 2.52. The zero-order valence-corrected chi connectivity index (χ0v) is 12.5. The fourth-order valence-corrected chi connectivity index (χ4v) is 3.47. The first-order valence-corrected chi connectivity index (χ1v) is 7.84. The highest BCUT2D eigenvalue weighted by Crippen LogP contribution is 2.31. The van der Waals surface area contributed by atoms with Gasteiger partial charge in [0, 0.05) is 19.7 Å². The van der Waals surface area contributed by atoms with Gasteiger partial charge >= 0.3 is 0 Å². The van der Waals surface area contributed by atoms with Crippen LogP contribution in [0, 0.1) is 5.92 Å². The first-order chi connectivity index (χ1) is 10.1. The standard InChI is InChI=1S/C17H23NO3/c1-12-16(8-11-21-12)17(20)18-9-6-14(7-10-18)13-2-4-15(19)5-3-13/h2-5,12,14,16,19H,6-11H2,1H3. The van der Waals surface area contributed by atoms with E-state index in [1.54, 1.807) is 12.1 Å². The molecule has 2 fully saturated rings. The Morgan fingerprint density at radius 3 is 2.43 bits per heavy atom. The largest absolute Gasteiger partial charge is 0.508 e. The van der Waals surface area contributed by atoms with Gasteiger partial charge in [0.05, 0.1) is 12.0 Å². The van der Waals surface area contributed by atoms with Gasteiger partial charge in [0.25, 0.3) is 0 Å². The highest BCUT2D eigenvalue weighted by Gasteiger charge is 2.35. The number of phenols is 1. The van der Waals surface area contributed by atoms with Gasteiger partial charge in [0.1, 0.15) is 5.75 Å². The minimum absolute atomic E-state index is 0.0511. The van der Waals surface area contributed by atoms with E-state index in [0.717, 1.165) is 32.4 Å². The number of hydrogen-bond acceptors (Lipinski definition) is 3. The van der Waals surface area contributed by atoms with Crippen LogP contribution < -0.4 is 0 Å². The lowest BCUT2D eigenvalue weighted by atomic mass is 9.88. The summed E-state index contributed by atoms with van der Waals surface area (Å²) in [5.41, 5.74) is 1.26. The maximum absolute atomic E-state index is 12.5. The van der Waals surface area contributed by atoms with Crippen molar-refractivity contribution in [1.29, 1.82) is 0 Å². The second kappa shape index (κ2) is 6.06. The number of carbonyl (C=O) groups is 1. The highest BCUT2D eigenvalue weighted by molar-refractivity contribution is 5.79. The number of phenolic OH excluding ortho intramolecular Hbond substituents is 1. The minimum Gasteiger partial charge on any atom is -0.508 e. The van der Waals surface area contributed by atoms with Crippen LogP contribution in [0.25, 0.3) is 0 Å². The summed E-state index contributed by atoms with van der Waals surface area (Å²) in [6, 6.07) is 7.46. The van der Waals surface area contributed by atoms with Gasteiger partial charge < -0.3 is 14.7 Å². The quantitative estimate of drug-likeness (QED) is 0.910. The SMILES string of the molecule is CC1OCCC1C(=O)N1CCC(c2ccc(O)cc2)CC1. The van der Waals surface area contributed by atoms with Crippen molar-refractivity contribution in [3.05, 3.63) is 29.8 Å². The Bertz CT molecular complexity index is 491. The normalized spacial score (nSPS) is 27.0. The van der Waals surface area contributed by atoms with Crippen molar-refractivity contribution in [1.82, 2.24) is 4.90 Å². The summed E-state index contributed by atoms with van der Waals surface area (Å²) < 4.78 is 5.51. The van der Waals surface area contributed by atoms with E-state index < -0.39 is 0 Å². The van der Waals surface area contributed by atoms with Crippen LogP contribution in [-0.4, -0.2) is 41.7 Å². The topological polar surface area (TPSA) is 49.8 Å². The van der Waals surface area contributed by atoms with E-state index in [1.165, 1.54) is 5.56 Å². The number of amides is 1. The van der Waals surface area contributed by atoms with Crippen LogP contribution in [0.15, 0.2) is 24.3 Å². The molecule has 0 spiro atoms. The van der Waals surface area contributed by atoms with Crippen LogP contribution in [-0.2, 0) is 9.53 Å². The van der Waals surface area contributed by atoms with Gasteiger partial charge in [-0.05, 0) is 49.8 Å². The lowest BCUT2D eigenvalue weighted by molar-refractivity contribution is -0.138. The molecular weight excluding hydrogens is 266 g/mol. The molecule has 2 heterocycles. The Kier molecular flexibility index (Phi) is 4.15. The van der Waals surface area contributed by atoms with Crippen molar-refractivity contribution in [3.63, 3.8) is 0 Å². The summed E-state index contributed by atoms with van der Waals surface area (Å²) in [7, 11) is 0. The summed E-state index contributed by atoms with van der Waals surface area (Å²) in [6.07, 6.45) is 2.92. The smallest absolute Gasteiger partial charge is 0.228 e. The Balaban J connectivity index is 1.57. The van der Waals surface area contributed by atoms with Crippen molar-refractivity contribution < 1.29 is 14.6 Å². The van der Waals surface area contributed by atoms with Crippen LogP contribution in [0.5, 0.6) is 5.75 Å². The molecule has 114 valence electrons. The van der Waals surface area contributed by atoms with Crippen LogP contribution >= 0.6 is 0 Å². The predicted molar refractivity (Wildman–Crippen MR) is 80.2 cm³/mol. The number of piperidine rings is 1. The van der Waals surface area contributed by atoms with Gasteiger partial charge in [-0.25, -0.2) is 0 Å². The van der Waals surface area contributed by atoms with Crippen molar-refractivity contribution >= 4 is 5.91 Å². The molecule has 0 aromatic heterocycles. The third kappa shape index (κ3) is 3.05. The molecule has 0 aliphatic carbocycles. The van der Waals surface area contributed by atoms with E-state index in [4.69, 9.17) is 4.74 Å². The second-order valence-electron chi connectivity index (χ2n) is 6.16. The molecule has 0 radical (unpaired) electrons. The number of likely N-dealkylation sites (tertiary alicyclic amines) is 1. The minimum atomic E-state index is 0.0511. The molecule has 21 heavy (non-hydrogen) atoms. The number of hydrogen-bond donors (Lipinski definition) is 1. The Morgan fingerprint density at radius 1 is 1.19 bits per heavy atom. The number of nitrogens with zero attached hydrogens (tertiary/aromatic N) is 1. The molecule has 2 saturated heterocycles. The van der Waals surface area contributed by atoms with Crippen molar-refractivity contribution in [2.45, 2.75) is 38.2 Å². The molecule has 1 aromatic rings. The summed E-state index contributed by atoms with van der Waals surface area (Å²) >= 11 is 0. The van der Waals surface area contributed by atoms with Gasteiger partial charge in [-0.15, -0.1) is 0 Å². The molecule has 0 bridgehead atoms. The zero-order chi connectivity index (χ0) is 14.8. The van der Waals surface area contributed by atoms with Crippen molar-refractivity contribution in [3.8, 4) is 5.75 Å². The van der Waals surface area contributed by atoms with Crippen LogP contribution in [0.3, 0.4) is 0 Å². The maximum Gasteiger partial charge on any atom is 0.228 e. The van der Waals surface area contributed by atoms with Crippen molar-refractivity contribution in [2.24, 2.45) is 5.92 Å². The average Bonchev–Trinajstić information content (AvgIpc) is 2.94. The maximum atomic E-state index is 12.5. The second-order valence-corrected chi connectivity index (χ2v) is 6.16. The molecule has 2 unspecified atom stereocenters. The fourth-order valence-electron chi connectivity index (χ4n) is 3.47. The third-order valence-electron chi connectivity index (χ3n) is 4.86. The number of carbonyl (C=O) groups excluding carboxylic acids is 1. The molecule has 1 N–H and O–H groups in total. The van der Waals surface area contributed by atoms with Gasteiger partial charge in [-0.1, -0.05) is 12.1 Å². The van der Waals surface area contributed by atoms with E-state index in [1.807, 2.05) is 24.0 Å². The Labute approximate surface area is 125 Å². The molecule has 1 aromatic carbocycles. The molecule has 2 aliphatic rings. The third-order valence-corrected chi connectivity index (χ3v) is 4.86. The molecule has 1 amide bonds. The van der Waals surface area contributed by atoms with Gasteiger partial charge in [0.2, 0.25) is 5.91 Å². The van der Waals surface area contributed by atoms with E-state index in [0.29, 0.717) is 18.3 Å². The van der Waals surface area contributed by atoms with Crippen molar-refractivity contribution in [2.75, 3.05) is 19.7 Å². The van der Waals surface area contributed by atoms with E-state index >= 15 is 0 Å². The number of aromatic hydroxyl groups is 1. The molecule has 0 saturated carbocycles. The molecule has 4 nitrogen and oxygen atoms in total. The molecule has 4 heteroatoms. The Hall–Kier alpha value is -1.55. The molecule has 3 rings (SSSR count). The number of benzene rings is 1. The van der Waals surface area contributed by atoms with E-state index in [2.05, 4.69) is 0 Å². The fraction of sp³-hybridized carbons (Fsp3) is 0.588. The molecule has 2 atom stereocenters. The van der Waals surface area contributed by atoms with E-state index in [9.17, 15) is 9.90 Å². The van der Waals surface area contributed by atoms with Gasteiger partial charge in [0.15, 0.2) is 0 Å². The highest BCUT2D eigenvalue weighted by atomic mass is 16.5. The first-order valence-electron chi connectivity index (χ1n) is 7.84. The Morgan fingerprint density at radius 2 is 1.86 bits per heavy atom. The lowest BCUT2D eigenvalue weighted by Gasteiger charge is -2.34. The van der Waals surface area contributed by atoms with Crippen LogP contribution in [0.4, 0.5) is 0 Å². The zero-order valence-electron chi connectivity index (χ0n) is 12.5. The number of ether oxygens (including phenoxy) is 1. The summed E-state index contributed by atoms with van der Waals surface area (Å²) in [5.74, 6) is 1.12. The first kappa shape index (κ1) is 14.4. The van der Waals surface area contributed by atoms with Gasteiger partial charge in [-0.3, -0.25) is 4.79 Å². The molecular formula is C17H23NO3. The monoisotopic (exact) mass is 289 g/mol.